The maximum absolute atomic E-state index is 12.0. The molecule has 2 unspecified atom stereocenters. The fourth-order valence-corrected chi connectivity index (χ4v) is 12.4. The Morgan fingerprint density at radius 1 is 1.03 bits per heavy atom. The minimum absolute atomic E-state index is 0.0104. The van der Waals surface area contributed by atoms with Crippen LogP contribution in [-0.4, -0.2) is 40.1 Å². The second-order valence-electron chi connectivity index (χ2n) is 16.1. The van der Waals surface area contributed by atoms with Crippen LogP contribution in [0.4, 0.5) is 0 Å². The average Bonchev–Trinajstić information content (AvgIpc) is 3.22. The molecule has 0 bridgehead atoms. The molecule has 0 radical (unpaired) electrons. The van der Waals surface area contributed by atoms with Gasteiger partial charge in [0.05, 0.1) is 17.5 Å². The molecule has 5 aliphatic carbocycles. The predicted molar refractivity (Wildman–Crippen MR) is 147 cm³/mol. The summed E-state index contributed by atoms with van der Waals surface area (Å²) in [5.74, 6) is 3.06. The van der Waals surface area contributed by atoms with E-state index >= 15 is 0 Å². The molecule has 5 heteroatoms. The number of carbonyl (C=O) groups is 1. The highest BCUT2D eigenvalue weighted by molar-refractivity contribution is 5.66. The summed E-state index contributed by atoms with van der Waals surface area (Å²) in [7, 11) is 0. The highest BCUT2D eigenvalue weighted by Gasteiger charge is 2.86. The van der Waals surface area contributed by atoms with Crippen molar-refractivity contribution in [2.75, 3.05) is 0 Å². The number of ether oxygens (including phenoxy) is 2. The molecule has 0 aromatic carbocycles. The standard InChI is InChI=1S/C33H52O5/c1-18-16-21(27(29(6,7)36)37-20(3)34)38-22-17-31(9)24-11-10-23-28(4,5)25(35)12-13-32(23)19(2)33(24,32)15-14-30(31,8)26(18)22/h18-19,21,23-25,27,35-36H,10-17H2,1-9H3/t18-,19-,21?,23?,24+,25+,27+,30-,31+,32-,33+/m1/s1. The van der Waals surface area contributed by atoms with Crippen LogP contribution in [0.1, 0.15) is 114 Å². The second-order valence-corrected chi connectivity index (χ2v) is 16.1. The van der Waals surface area contributed by atoms with E-state index < -0.39 is 11.7 Å². The number of esters is 1. The molecule has 38 heavy (non-hydrogen) atoms. The molecule has 2 N–H and O–H groups in total. The lowest BCUT2D eigenvalue weighted by Crippen LogP contribution is -2.57. The molecule has 6 rings (SSSR count). The average molecular weight is 529 g/mol. The van der Waals surface area contributed by atoms with Crippen molar-refractivity contribution in [3.05, 3.63) is 11.3 Å². The monoisotopic (exact) mass is 528 g/mol. The molecular weight excluding hydrogens is 476 g/mol. The number of fused-ring (bicyclic) bond motifs is 3. The van der Waals surface area contributed by atoms with Gasteiger partial charge in [-0.25, -0.2) is 0 Å². The lowest BCUT2D eigenvalue weighted by atomic mass is 9.41. The Labute approximate surface area is 230 Å². The summed E-state index contributed by atoms with van der Waals surface area (Å²) in [6, 6.07) is 0. The number of aliphatic hydroxyl groups excluding tert-OH is 1. The smallest absolute Gasteiger partial charge is 0.303 e. The van der Waals surface area contributed by atoms with Crippen molar-refractivity contribution in [2.45, 2.75) is 138 Å². The summed E-state index contributed by atoms with van der Waals surface area (Å²) in [5.41, 5.74) is 1.32. The fourth-order valence-electron chi connectivity index (χ4n) is 12.4. The number of rotatable bonds is 3. The van der Waals surface area contributed by atoms with E-state index in [-0.39, 0.29) is 34.4 Å². The van der Waals surface area contributed by atoms with E-state index in [0.717, 1.165) is 25.0 Å². The molecule has 214 valence electrons. The molecule has 0 saturated heterocycles. The topological polar surface area (TPSA) is 76.0 Å². The van der Waals surface area contributed by atoms with E-state index in [0.29, 0.717) is 34.5 Å². The van der Waals surface area contributed by atoms with Gasteiger partial charge >= 0.3 is 5.97 Å². The molecule has 1 heterocycles. The van der Waals surface area contributed by atoms with Crippen molar-refractivity contribution in [3.63, 3.8) is 0 Å². The zero-order chi connectivity index (χ0) is 27.8. The fraction of sp³-hybridized carbons (Fsp3) is 0.909. The largest absolute Gasteiger partial charge is 0.491 e. The Morgan fingerprint density at radius 3 is 2.29 bits per heavy atom. The van der Waals surface area contributed by atoms with Crippen LogP contribution in [0.3, 0.4) is 0 Å². The van der Waals surface area contributed by atoms with Crippen LogP contribution in [0.2, 0.25) is 0 Å². The van der Waals surface area contributed by atoms with Gasteiger partial charge in [0, 0.05) is 13.3 Å². The lowest BCUT2D eigenvalue weighted by molar-refractivity contribution is -0.178. The molecule has 4 saturated carbocycles. The third-order valence-corrected chi connectivity index (χ3v) is 14.1. The van der Waals surface area contributed by atoms with E-state index in [9.17, 15) is 15.0 Å². The van der Waals surface area contributed by atoms with Gasteiger partial charge in [0.25, 0.3) is 0 Å². The van der Waals surface area contributed by atoms with Gasteiger partial charge < -0.3 is 19.7 Å². The molecule has 0 aromatic rings. The molecule has 5 nitrogen and oxygen atoms in total. The van der Waals surface area contributed by atoms with Crippen LogP contribution in [0, 0.1) is 50.7 Å². The number of hydrogen-bond acceptors (Lipinski definition) is 5. The first-order valence-electron chi connectivity index (χ1n) is 15.5. The van der Waals surface area contributed by atoms with Crippen molar-refractivity contribution in [2.24, 2.45) is 50.7 Å². The number of allylic oxidation sites excluding steroid dienone is 2. The van der Waals surface area contributed by atoms with Crippen LogP contribution >= 0.6 is 0 Å². The van der Waals surface area contributed by atoms with Gasteiger partial charge in [-0.15, -0.1) is 0 Å². The zero-order valence-corrected chi connectivity index (χ0v) is 25.3. The van der Waals surface area contributed by atoms with Gasteiger partial charge in [0.15, 0.2) is 6.10 Å². The molecule has 2 spiro atoms. The van der Waals surface area contributed by atoms with Crippen LogP contribution in [0.5, 0.6) is 0 Å². The maximum atomic E-state index is 12.0. The van der Waals surface area contributed by atoms with Gasteiger partial charge in [-0.2, -0.15) is 0 Å². The van der Waals surface area contributed by atoms with E-state index in [4.69, 9.17) is 9.47 Å². The van der Waals surface area contributed by atoms with E-state index in [1.54, 1.807) is 13.8 Å². The quantitative estimate of drug-likeness (QED) is 0.414. The molecule has 6 aliphatic rings. The lowest BCUT2D eigenvalue weighted by Gasteiger charge is -2.62. The Balaban J connectivity index is 1.35. The summed E-state index contributed by atoms with van der Waals surface area (Å²) in [6.07, 6.45) is 7.60. The molecule has 0 aromatic heterocycles. The summed E-state index contributed by atoms with van der Waals surface area (Å²) in [4.78, 5) is 12.0. The first-order chi connectivity index (χ1) is 17.5. The van der Waals surface area contributed by atoms with E-state index in [2.05, 4.69) is 41.5 Å². The number of hydrogen-bond donors (Lipinski definition) is 2. The van der Waals surface area contributed by atoms with Crippen molar-refractivity contribution >= 4 is 5.97 Å². The maximum Gasteiger partial charge on any atom is 0.303 e. The Morgan fingerprint density at radius 2 is 1.66 bits per heavy atom. The van der Waals surface area contributed by atoms with Crippen LogP contribution < -0.4 is 0 Å². The van der Waals surface area contributed by atoms with Crippen LogP contribution in [0.15, 0.2) is 11.3 Å². The van der Waals surface area contributed by atoms with Crippen molar-refractivity contribution < 1.29 is 24.5 Å². The van der Waals surface area contributed by atoms with Gasteiger partial charge in [-0.05, 0) is 115 Å². The molecule has 1 aliphatic heterocycles. The van der Waals surface area contributed by atoms with Gasteiger partial charge in [-0.3, -0.25) is 4.79 Å². The van der Waals surface area contributed by atoms with Gasteiger partial charge in [-0.1, -0.05) is 41.5 Å². The summed E-state index contributed by atoms with van der Waals surface area (Å²) in [5, 5.41) is 21.9. The van der Waals surface area contributed by atoms with Crippen LogP contribution in [0.25, 0.3) is 0 Å². The van der Waals surface area contributed by atoms with Crippen molar-refractivity contribution in [3.8, 4) is 0 Å². The van der Waals surface area contributed by atoms with Crippen LogP contribution in [-0.2, 0) is 14.3 Å². The summed E-state index contributed by atoms with van der Waals surface area (Å²) in [6.45, 7) is 19.5. The Kier molecular flexibility index (Phi) is 5.57. The van der Waals surface area contributed by atoms with Crippen molar-refractivity contribution in [1.82, 2.24) is 0 Å². The third kappa shape index (κ3) is 2.99. The number of carbonyl (C=O) groups excluding carboxylic acids is 1. The minimum Gasteiger partial charge on any atom is -0.491 e. The van der Waals surface area contributed by atoms with E-state index in [1.807, 2.05) is 0 Å². The second kappa shape index (κ2) is 7.81. The first-order valence-corrected chi connectivity index (χ1v) is 15.5. The SMILES string of the molecule is CC(=O)O[C@@H](C1C[C@@H](C)C2=C(C[C@@]3(C)[C@@H]4CCC5C(C)(C)[C@@H](O)CC[C@@]56[C@@H](C)[C@@]46CC[C@]23C)O1)C(C)(C)O. The summed E-state index contributed by atoms with van der Waals surface area (Å²) < 4.78 is 12.5. The molecule has 0 amide bonds. The number of aliphatic hydroxyl groups is 2. The van der Waals surface area contributed by atoms with Gasteiger partial charge in [0.2, 0.25) is 0 Å². The molecular formula is C33H52O5. The third-order valence-electron chi connectivity index (χ3n) is 14.1. The Bertz CT molecular complexity index is 1070. The predicted octanol–water partition coefficient (Wildman–Crippen LogP) is 6.41. The van der Waals surface area contributed by atoms with Gasteiger partial charge in [0.1, 0.15) is 6.10 Å². The summed E-state index contributed by atoms with van der Waals surface area (Å²) >= 11 is 0. The molecule has 4 fully saturated rings. The van der Waals surface area contributed by atoms with Crippen molar-refractivity contribution in [1.29, 1.82) is 0 Å². The molecule has 11 atom stereocenters. The minimum atomic E-state index is -1.18. The van der Waals surface area contributed by atoms with E-state index in [1.165, 1.54) is 44.6 Å². The highest BCUT2D eigenvalue weighted by Crippen LogP contribution is 2.91. The first kappa shape index (κ1) is 27.1. The Hall–Kier alpha value is -1.07. The normalized spacial score (nSPS) is 51.4. The zero-order valence-electron chi connectivity index (χ0n) is 25.3. The highest BCUT2D eigenvalue weighted by atomic mass is 16.6.